The number of hydrogen-bond donors (Lipinski definition) is 2. The molecule has 2 aromatic rings. The molecule has 150 valence electrons. The van der Waals surface area contributed by atoms with Gasteiger partial charge >= 0.3 is 10.1 Å². The normalized spacial score (nSPS) is 10.8. The standard InChI is InChI=1S/C18H22N4O5S/c1-13-10-14(26-9-8-22(21-2)18(19)20)12-15(11-13)27-28(23,24)17-7-5-4-6-16(17)25-3/h4-7,10-12H,2,8-9H2,1,3H3,(H3,19,20). The third-order valence-electron chi connectivity index (χ3n) is 3.59. The summed E-state index contributed by atoms with van der Waals surface area (Å²) in [6.45, 7) is 5.47. The summed E-state index contributed by atoms with van der Waals surface area (Å²) in [5, 5.41) is 12.1. The van der Waals surface area contributed by atoms with Crippen LogP contribution in [0.3, 0.4) is 0 Å². The van der Waals surface area contributed by atoms with E-state index >= 15 is 0 Å². The highest BCUT2D eigenvalue weighted by molar-refractivity contribution is 7.87. The zero-order valence-electron chi connectivity index (χ0n) is 15.6. The summed E-state index contributed by atoms with van der Waals surface area (Å²) in [5.41, 5.74) is 6.09. The molecule has 2 aromatic carbocycles. The summed E-state index contributed by atoms with van der Waals surface area (Å²) >= 11 is 0. The van der Waals surface area contributed by atoms with Gasteiger partial charge < -0.3 is 19.4 Å². The lowest BCUT2D eigenvalue weighted by atomic mass is 10.2. The molecule has 0 heterocycles. The van der Waals surface area contributed by atoms with Gasteiger partial charge in [-0.05, 0) is 36.8 Å². The quantitative estimate of drug-likeness (QED) is 0.282. The van der Waals surface area contributed by atoms with E-state index in [0.717, 1.165) is 5.56 Å². The molecule has 28 heavy (non-hydrogen) atoms. The van der Waals surface area contributed by atoms with Crippen molar-refractivity contribution in [3.8, 4) is 17.2 Å². The number of nitrogens with two attached hydrogens (primary N) is 1. The predicted molar refractivity (Wildman–Crippen MR) is 106 cm³/mol. The van der Waals surface area contributed by atoms with E-state index < -0.39 is 10.1 Å². The minimum atomic E-state index is -4.10. The molecule has 0 bridgehead atoms. The first-order chi connectivity index (χ1) is 13.3. The molecular weight excluding hydrogens is 384 g/mol. The summed E-state index contributed by atoms with van der Waals surface area (Å²) in [7, 11) is -2.71. The topological polar surface area (TPSA) is 127 Å². The number of aryl methyl sites for hydroxylation is 1. The zero-order chi connectivity index (χ0) is 20.7. The van der Waals surface area contributed by atoms with Gasteiger partial charge in [0.05, 0.1) is 13.7 Å². The molecule has 0 aromatic heterocycles. The van der Waals surface area contributed by atoms with Gasteiger partial charge in [0.1, 0.15) is 28.8 Å². The lowest BCUT2D eigenvalue weighted by Crippen LogP contribution is -2.34. The summed E-state index contributed by atoms with van der Waals surface area (Å²) < 4.78 is 41.2. The SMILES string of the molecule is C=NN(CCOc1cc(C)cc(OS(=O)(=O)c2ccccc2OC)c1)C(=N)N. The molecule has 0 amide bonds. The van der Waals surface area contributed by atoms with Gasteiger partial charge in [-0.1, -0.05) is 12.1 Å². The van der Waals surface area contributed by atoms with Gasteiger partial charge in [0.15, 0.2) is 0 Å². The molecule has 0 unspecified atom stereocenters. The van der Waals surface area contributed by atoms with Crippen molar-refractivity contribution in [2.24, 2.45) is 10.8 Å². The highest BCUT2D eigenvalue weighted by Crippen LogP contribution is 2.29. The van der Waals surface area contributed by atoms with E-state index in [9.17, 15) is 8.42 Å². The Hall–Kier alpha value is -3.27. The number of hydrogen-bond acceptors (Lipinski definition) is 7. The van der Waals surface area contributed by atoms with Crippen molar-refractivity contribution >= 4 is 22.8 Å². The summed E-state index contributed by atoms with van der Waals surface area (Å²) in [5.74, 6) is 0.437. The number of hydrazone groups is 1. The van der Waals surface area contributed by atoms with Crippen LogP contribution in [0.15, 0.2) is 52.5 Å². The smallest absolute Gasteiger partial charge is 0.342 e. The Morgan fingerprint density at radius 1 is 1.25 bits per heavy atom. The zero-order valence-corrected chi connectivity index (χ0v) is 16.4. The van der Waals surface area contributed by atoms with Crippen LogP contribution in [0.4, 0.5) is 0 Å². The Bertz CT molecular complexity index is 962. The monoisotopic (exact) mass is 406 g/mol. The Morgan fingerprint density at radius 3 is 2.57 bits per heavy atom. The third-order valence-corrected chi connectivity index (χ3v) is 4.88. The van der Waals surface area contributed by atoms with Crippen molar-refractivity contribution in [2.45, 2.75) is 11.8 Å². The second kappa shape index (κ2) is 9.09. The van der Waals surface area contributed by atoms with E-state index in [0.29, 0.717) is 5.75 Å². The number of methoxy groups -OCH3 is 1. The van der Waals surface area contributed by atoms with Crippen LogP contribution in [0.25, 0.3) is 0 Å². The first-order valence-corrected chi connectivity index (χ1v) is 9.58. The molecule has 0 aliphatic rings. The van der Waals surface area contributed by atoms with Crippen molar-refractivity contribution in [1.82, 2.24) is 5.01 Å². The van der Waals surface area contributed by atoms with E-state index in [-0.39, 0.29) is 35.5 Å². The highest BCUT2D eigenvalue weighted by Gasteiger charge is 2.22. The van der Waals surface area contributed by atoms with Crippen LogP contribution in [0.5, 0.6) is 17.2 Å². The molecule has 0 aliphatic heterocycles. The van der Waals surface area contributed by atoms with Gasteiger partial charge in [-0.15, -0.1) is 0 Å². The molecule has 0 fully saturated rings. The summed E-state index contributed by atoms with van der Waals surface area (Å²) in [6, 6.07) is 10.9. The van der Waals surface area contributed by atoms with E-state index in [4.69, 9.17) is 24.8 Å². The number of ether oxygens (including phenoxy) is 2. The molecule has 0 atom stereocenters. The maximum absolute atomic E-state index is 12.6. The van der Waals surface area contributed by atoms with Gasteiger partial charge in [-0.2, -0.15) is 13.5 Å². The third kappa shape index (κ3) is 5.36. The van der Waals surface area contributed by atoms with Crippen molar-refractivity contribution in [3.63, 3.8) is 0 Å². The molecule has 2 rings (SSSR count). The average molecular weight is 406 g/mol. The van der Waals surface area contributed by atoms with Gasteiger partial charge in [-0.25, -0.2) is 5.01 Å². The van der Waals surface area contributed by atoms with Crippen molar-refractivity contribution in [2.75, 3.05) is 20.3 Å². The second-order valence-electron chi connectivity index (χ2n) is 5.67. The maximum Gasteiger partial charge on any atom is 0.342 e. The molecule has 0 saturated carbocycles. The predicted octanol–water partition coefficient (Wildman–Crippen LogP) is 1.96. The number of para-hydroxylation sites is 1. The molecule has 0 aliphatic carbocycles. The lowest BCUT2D eigenvalue weighted by Gasteiger charge is -2.16. The van der Waals surface area contributed by atoms with E-state index in [2.05, 4.69) is 11.8 Å². The van der Waals surface area contributed by atoms with Gasteiger partial charge in [0, 0.05) is 12.8 Å². The fourth-order valence-electron chi connectivity index (χ4n) is 2.36. The number of guanidine groups is 1. The van der Waals surface area contributed by atoms with Crippen LogP contribution in [-0.2, 0) is 10.1 Å². The first-order valence-electron chi connectivity index (χ1n) is 8.17. The number of nitrogens with one attached hydrogen (secondary N) is 1. The Balaban J connectivity index is 2.16. The number of rotatable bonds is 9. The van der Waals surface area contributed by atoms with Crippen LogP contribution < -0.4 is 19.4 Å². The molecule has 3 N–H and O–H groups in total. The molecule has 9 nitrogen and oxygen atoms in total. The van der Waals surface area contributed by atoms with E-state index in [1.807, 2.05) is 0 Å². The number of nitrogens with zero attached hydrogens (tertiary/aromatic N) is 2. The first kappa shape index (κ1) is 21.0. The van der Waals surface area contributed by atoms with Crippen molar-refractivity contribution in [1.29, 1.82) is 5.41 Å². The van der Waals surface area contributed by atoms with Gasteiger partial charge in [0.25, 0.3) is 0 Å². The molecular formula is C18H22N4O5S. The van der Waals surface area contributed by atoms with E-state index in [1.165, 1.54) is 30.3 Å². The summed E-state index contributed by atoms with van der Waals surface area (Å²) in [4.78, 5) is -0.0735. The maximum atomic E-state index is 12.6. The van der Waals surface area contributed by atoms with Crippen LogP contribution in [0, 0.1) is 12.3 Å². The van der Waals surface area contributed by atoms with Gasteiger partial charge in [-0.3, -0.25) is 5.41 Å². The van der Waals surface area contributed by atoms with Crippen LogP contribution in [0.2, 0.25) is 0 Å². The van der Waals surface area contributed by atoms with Gasteiger partial charge in [0.2, 0.25) is 5.96 Å². The number of benzene rings is 2. The van der Waals surface area contributed by atoms with Crippen LogP contribution in [0.1, 0.15) is 5.56 Å². The Kier molecular flexibility index (Phi) is 6.83. The molecule has 0 spiro atoms. The van der Waals surface area contributed by atoms with Crippen molar-refractivity contribution in [3.05, 3.63) is 48.0 Å². The fraction of sp³-hybridized carbons (Fsp3) is 0.222. The summed E-state index contributed by atoms with van der Waals surface area (Å²) in [6.07, 6.45) is 0. The molecule has 0 radical (unpaired) electrons. The largest absolute Gasteiger partial charge is 0.495 e. The van der Waals surface area contributed by atoms with Crippen molar-refractivity contribution < 1.29 is 22.1 Å². The minimum Gasteiger partial charge on any atom is -0.495 e. The van der Waals surface area contributed by atoms with E-state index in [1.54, 1.807) is 31.2 Å². The van der Waals surface area contributed by atoms with Crippen LogP contribution in [-0.4, -0.2) is 46.4 Å². The minimum absolute atomic E-state index is 0.0735. The Morgan fingerprint density at radius 2 is 1.93 bits per heavy atom. The molecule has 10 heteroatoms. The average Bonchev–Trinajstić information content (AvgIpc) is 2.64. The molecule has 0 saturated heterocycles. The lowest BCUT2D eigenvalue weighted by molar-refractivity contribution is 0.271. The fourth-order valence-corrected chi connectivity index (χ4v) is 3.44. The Labute approximate surface area is 164 Å². The highest BCUT2D eigenvalue weighted by atomic mass is 32.2. The van der Waals surface area contributed by atoms with Crippen LogP contribution >= 0.6 is 0 Å². The second-order valence-corrected chi connectivity index (χ2v) is 7.18.